The third-order valence-corrected chi connectivity index (χ3v) is 3.29. The highest BCUT2D eigenvalue weighted by molar-refractivity contribution is 5.82. The second-order valence-corrected chi connectivity index (χ2v) is 4.52. The molecule has 1 aromatic carbocycles. The van der Waals surface area contributed by atoms with E-state index in [0.29, 0.717) is 6.61 Å². The van der Waals surface area contributed by atoms with Gasteiger partial charge in [-0.25, -0.2) is 0 Å². The highest BCUT2D eigenvalue weighted by Crippen LogP contribution is 2.31. The molecule has 0 radical (unpaired) electrons. The van der Waals surface area contributed by atoms with Gasteiger partial charge in [0.25, 0.3) is 0 Å². The molecule has 1 amide bonds. The first kappa shape index (κ1) is 12.9. The lowest BCUT2D eigenvalue weighted by Crippen LogP contribution is -2.36. The van der Waals surface area contributed by atoms with Crippen LogP contribution < -0.4 is 10.5 Å². The Morgan fingerprint density at radius 2 is 2.06 bits per heavy atom. The zero-order chi connectivity index (χ0) is 13.0. The molecule has 0 aliphatic carbocycles. The van der Waals surface area contributed by atoms with E-state index in [1.165, 1.54) is 0 Å². The van der Waals surface area contributed by atoms with E-state index in [1.54, 1.807) is 0 Å². The standard InChI is InChI=1S/C14H20N2O2/c1-2-18-12-8-4-3-7-11(12)13(14(15)17)16-9-5-6-10-16/h3-4,7-8,13H,2,5-6,9-10H2,1H3,(H2,15,17). The number of nitrogens with two attached hydrogens (primary N) is 1. The van der Waals surface area contributed by atoms with Crippen LogP contribution in [-0.2, 0) is 4.79 Å². The molecule has 0 saturated carbocycles. The minimum absolute atomic E-state index is 0.302. The number of amides is 1. The lowest BCUT2D eigenvalue weighted by Gasteiger charge is -2.26. The zero-order valence-electron chi connectivity index (χ0n) is 10.8. The van der Waals surface area contributed by atoms with Crippen molar-refractivity contribution in [2.24, 2.45) is 5.73 Å². The van der Waals surface area contributed by atoms with Crippen LogP contribution in [0.2, 0.25) is 0 Å². The molecule has 0 spiro atoms. The molecule has 0 aromatic heterocycles. The smallest absolute Gasteiger partial charge is 0.239 e. The second-order valence-electron chi connectivity index (χ2n) is 4.52. The summed E-state index contributed by atoms with van der Waals surface area (Å²) >= 11 is 0. The van der Waals surface area contributed by atoms with Crippen LogP contribution in [0.3, 0.4) is 0 Å². The summed E-state index contributed by atoms with van der Waals surface area (Å²) in [5, 5.41) is 0. The van der Waals surface area contributed by atoms with Crippen LogP contribution in [0, 0.1) is 0 Å². The van der Waals surface area contributed by atoms with E-state index >= 15 is 0 Å². The number of hydrogen-bond acceptors (Lipinski definition) is 3. The number of primary amides is 1. The van der Waals surface area contributed by atoms with Crippen LogP contribution in [0.4, 0.5) is 0 Å². The lowest BCUT2D eigenvalue weighted by atomic mass is 10.0. The van der Waals surface area contributed by atoms with Crippen molar-refractivity contribution in [2.75, 3.05) is 19.7 Å². The van der Waals surface area contributed by atoms with Crippen molar-refractivity contribution in [1.29, 1.82) is 0 Å². The molecule has 1 aromatic rings. The van der Waals surface area contributed by atoms with Crippen molar-refractivity contribution >= 4 is 5.91 Å². The van der Waals surface area contributed by atoms with Crippen LogP contribution in [0.15, 0.2) is 24.3 Å². The van der Waals surface area contributed by atoms with Crippen LogP contribution in [0.25, 0.3) is 0 Å². The number of hydrogen-bond donors (Lipinski definition) is 1. The lowest BCUT2D eigenvalue weighted by molar-refractivity contribution is -0.123. The fraction of sp³-hybridized carbons (Fsp3) is 0.500. The molecule has 1 aliphatic rings. The number of ether oxygens (including phenoxy) is 1. The van der Waals surface area contributed by atoms with E-state index < -0.39 is 0 Å². The summed E-state index contributed by atoms with van der Waals surface area (Å²) in [4.78, 5) is 13.9. The second kappa shape index (κ2) is 5.87. The summed E-state index contributed by atoms with van der Waals surface area (Å²) in [6.45, 7) is 4.37. The predicted molar refractivity (Wildman–Crippen MR) is 70.4 cm³/mol. The Morgan fingerprint density at radius 1 is 1.39 bits per heavy atom. The average molecular weight is 248 g/mol. The molecule has 4 heteroatoms. The van der Waals surface area contributed by atoms with Gasteiger partial charge in [0, 0.05) is 5.56 Å². The molecule has 1 unspecified atom stereocenters. The maximum absolute atomic E-state index is 11.8. The molecule has 1 saturated heterocycles. The summed E-state index contributed by atoms with van der Waals surface area (Å²) in [7, 11) is 0. The molecule has 4 nitrogen and oxygen atoms in total. The molecule has 98 valence electrons. The number of rotatable bonds is 5. The Kier molecular flexibility index (Phi) is 4.20. The summed E-state index contributed by atoms with van der Waals surface area (Å²) in [5.74, 6) is 0.458. The topological polar surface area (TPSA) is 55.6 Å². The Hall–Kier alpha value is -1.55. The van der Waals surface area contributed by atoms with Crippen molar-refractivity contribution < 1.29 is 9.53 Å². The number of carbonyl (C=O) groups excluding carboxylic acids is 1. The van der Waals surface area contributed by atoms with Crippen LogP contribution in [0.1, 0.15) is 31.4 Å². The van der Waals surface area contributed by atoms with Gasteiger partial charge in [0.1, 0.15) is 11.8 Å². The zero-order valence-corrected chi connectivity index (χ0v) is 10.8. The van der Waals surface area contributed by atoms with Crippen molar-refractivity contribution in [1.82, 2.24) is 4.90 Å². The van der Waals surface area contributed by atoms with Crippen molar-refractivity contribution in [2.45, 2.75) is 25.8 Å². The van der Waals surface area contributed by atoms with E-state index in [-0.39, 0.29) is 11.9 Å². The van der Waals surface area contributed by atoms with Gasteiger partial charge in [-0.05, 0) is 38.9 Å². The minimum atomic E-state index is -0.366. The van der Waals surface area contributed by atoms with Gasteiger partial charge in [-0.3, -0.25) is 9.69 Å². The number of benzene rings is 1. The fourth-order valence-electron chi connectivity index (χ4n) is 2.52. The molecule has 18 heavy (non-hydrogen) atoms. The Labute approximate surface area is 108 Å². The van der Waals surface area contributed by atoms with E-state index in [9.17, 15) is 4.79 Å². The number of nitrogens with zero attached hydrogens (tertiary/aromatic N) is 1. The Bertz CT molecular complexity index is 414. The Balaban J connectivity index is 2.32. The van der Waals surface area contributed by atoms with Crippen LogP contribution >= 0.6 is 0 Å². The molecule has 2 N–H and O–H groups in total. The van der Waals surface area contributed by atoms with Gasteiger partial charge in [-0.1, -0.05) is 18.2 Å². The first-order valence-corrected chi connectivity index (χ1v) is 6.49. The first-order chi connectivity index (χ1) is 8.74. The van der Waals surface area contributed by atoms with Crippen LogP contribution in [-0.4, -0.2) is 30.5 Å². The van der Waals surface area contributed by atoms with Gasteiger partial charge < -0.3 is 10.5 Å². The minimum Gasteiger partial charge on any atom is -0.494 e. The van der Waals surface area contributed by atoms with E-state index in [0.717, 1.165) is 37.2 Å². The largest absolute Gasteiger partial charge is 0.494 e. The van der Waals surface area contributed by atoms with Gasteiger partial charge in [0.15, 0.2) is 0 Å². The molecule has 1 atom stereocenters. The third-order valence-electron chi connectivity index (χ3n) is 3.29. The highest BCUT2D eigenvalue weighted by Gasteiger charge is 2.30. The molecule has 0 bridgehead atoms. The molecule has 1 aliphatic heterocycles. The van der Waals surface area contributed by atoms with E-state index in [1.807, 2.05) is 31.2 Å². The number of carbonyl (C=O) groups is 1. The van der Waals surface area contributed by atoms with Crippen molar-refractivity contribution in [3.63, 3.8) is 0 Å². The molecule has 1 fully saturated rings. The maximum Gasteiger partial charge on any atom is 0.239 e. The van der Waals surface area contributed by atoms with Gasteiger partial charge in [-0.15, -0.1) is 0 Å². The normalized spacial score (nSPS) is 17.6. The van der Waals surface area contributed by atoms with Crippen molar-refractivity contribution in [3.05, 3.63) is 29.8 Å². The summed E-state index contributed by atoms with van der Waals surface area (Å²) in [6.07, 6.45) is 2.25. The molecular weight excluding hydrogens is 228 g/mol. The highest BCUT2D eigenvalue weighted by atomic mass is 16.5. The summed E-state index contributed by atoms with van der Waals surface area (Å²) < 4.78 is 5.59. The SMILES string of the molecule is CCOc1ccccc1C(C(N)=O)N1CCCC1. The third kappa shape index (κ3) is 2.64. The van der Waals surface area contributed by atoms with Gasteiger partial charge >= 0.3 is 0 Å². The molecule has 2 rings (SSSR count). The van der Waals surface area contributed by atoms with Gasteiger partial charge in [-0.2, -0.15) is 0 Å². The van der Waals surface area contributed by atoms with Gasteiger partial charge in [0.2, 0.25) is 5.91 Å². The number of likely N-dealkylation sites (tertiary alicyclic amines) is 1. The Morgan fingerprint density at radius 3 is 2.67 bits per heavy atom. The summed E-state index contributed by atoms with van der Waals surface area (Å²) in [6, 6.07) is 7.29. The van der Waals surface area contributed by atoms with E-state index in [2.05, 4.69) is 4.90 Å². The van der Waals surface area contributed by atoms with E-state index in [4.69, 9.17) is 10.5 Å². The quantitative estimate of drug-likeness (QED) is 0.863. The average Bonchev–Trinajstić information content (AvgIpc) is 2.85. The van der Waals surface area contributed by atoms with Crippen LogP contribution in [0.5, 0.6) is 5.75 Å². The molecular formula is C14H20N2O2. The van der Waals surface area contributed by atoms with Crippen molar-refractivity contribution in [3.8, 4) is 5.75 Å². The monoisotopic (exact) mass is 248 g/mol. The summed E-state index contributed by atoms with van der Waals surface area (Å²) in [5.41, 5.74) is 6.46. The first-order valence-electron chi connectivity index (χ1n) is 6.49. The molecule has 1 heterocycles. The predicted octanol–water partition coefficient (Wildman–Crippen LogP) is 1.71. The fourth-order valence-corrected chi connectivity index (χ4v) is 2.52. The van der Waals surface area contributed by atoms with Gasteiger partial charge in [0.05, 0.1) is 6.61 Å². The number of para-hydroxylation sites is 1. The maximum atomic E-state index is 11.8.